The number of nitrogens with zero attached hydrogens (tertiary/aromatic N) is 1. The Hall–Kier alpha value is -2.57. The van der Waals surface area contributed by atoms with Crippen LogP contribution in [-0.2, 0) is 15.2 Å². The molecule has 142 valence electrons. The smallest absolute Gasteiger partial charge is 0.264 e. The van der Waals surface area contributed by atoms with E-state index in [4.69, 9.17) is 21.1 Å². The van der Waals surface area contributed by atoms with Gasteiger partial charge in [0.25, 0.3) is 5.91 Å². The predicted molar refractivity (Wildman–Crippen MR) is 101 cm³/mol. The molecule has 0 fully saturated rings. The lowest BCUT2D eigenvalue weighted by molar-refractivity contribution is -0.141. The number of para-hydroxylation sites is 3. The van der Waals surface area contributed by atoms with Crippen molar-refractivity contribution in [1.29, 1.82) is 0 Å². The van der Waals surface area contributed by atoms with E-state index in [1.807, 2.05) is 12.1 Å². The lowest BCUT2D eigenvalue weighted by Crippen LogP contribution is -2.43. The number of amides is 1. The zero-order valence-corrected chi connectivity index (χ0v) is 15.8. The average Bonchev–Trinajstić information content (AvgIpc) is 2.84. The van der Waals surface area contributed by atoms with Gasteiger partial charge in [-0.15, -0.1) is 0 Å². The van der Waals surface area contributed by atoms with Gasteiger partial charge in [0.1, 0.15) is 12.4 Å². The summed E-state index contributed by atoms with van der Waals surface area (Å²) in [5.41, 5.74) is -1.15. The Labute approximate surface area is 162 Å². The highest BCUT2D eigenvalue weighted by Gasteiger charge is 2.51. The number of carbonyl (C=O) groups excluding carboxylic acids is 2. The molecule has 0 spiro atoms. The van der Waals surface area contributed by atoms with Crippen LogP contribution in [0.3, 0.4) is 0 Å². The highest BCUT2D eigenvalue weighted by atomic mass is 35.5. The first-order chi connectivity index (χ1) is 12.9. The standard InChI is InChI=1S/C20H20ClNO5/c1-13(23)12-20(25)14-6-5-7-15(21)18(14)22(19(20)24)10-11-27-17-9-4-3-8-16(17)26-2/h3-9,25H,10-12H2,1-2H3. The molecular formula is C20H20ClNO5. The molecule has 2 aromatic rings. The van der Waals surface area contributed by atoms with Crippen LogP contribution in [0.15, 0.2) is 42.5 Å². The largest absolute Gasteiger partial charge is 0.493 e. The second-order valence-corrected chi connectivity index (χ2v) is 6.74. The van der Waals surface area contributed by atoms with E-state index in [1.165, 1.54) is 11.8 Å². The molecule has 0 aromatic heterocycles. The minimum Gasteiger partial charge on any atom is -0.493 e. The fourth-order valence-electron chi connectivity index (χ4n) is 3.29. The molecule has 27 heavy (non-hydrogen) atoms. The summed E-state index contributed by atoms with van der Waals surface area (Å²) in [6.07, 6.45) is -0.303. The molecule has 1 aliphatic rings. The van der Waals surface area contributed by atoms with E-state index in [2.05, 4.69) is 0 Å². The van der Waals surface area contributed by atoms with Crippen molar-refractivity contribution in [2.45, 2.75) is 18.9 Å². The fourth-order valence-corrected chi connectivity index (χ4v) is 3.57. The first-order valence-electron chi connectivity index (χ1n) is 8.47. The van der Waals surface area contributed by atoms with Crippen LogP contribution < -0.4 is 14.4 Å². The molecule has 1 heterocycles. The van der Waals surface area contributed by atoms with Gasteiger partial charge in [-0.05, 0) is 25.1 Å². The zero-order chi connectivity index (χ0) is 19.6. The lowest BCUT2D eigenvalue weighted by Gasteiger charge is -2.22. The van der Waals surface area contributed by atoms with E-state index in [0.717, 1.165) is 0 Å². The Morgan fingerprint density at radius 2 is 1.89 bits per heavy atom. The number of hydrogen-bond acceptors (Lipinski definition) is 5. The van der Waals surface area contributed by atoms with Crippen LogP contribution in [0, 0.1) is 0 Å². The summed E-state index contributed by atoms with van der Waals surface area (Å²) in [5, 5.41) is 11.3. The van der Waals surface area contributed by atoms with Gasteiger partial charge in [-0.3, -0.25) is 9.59 Å². The molecule has 1 aliphatic heterocycles. The van der Waals surface area contributed by atoms with Crippen molar-refractivity contribution in [2.24, 2.45) is 0 Å². The third-order valence-electron chi connectivity index (χ3n) is 4.45. The van der Waals surface area contributed by atoms with Gasteiger partial charge in [-0.2, -0.15) is 0 Å². The van der Waals surface area contributed by atoms with Crippen molar-refractivity contribution in [3.05, 3.63) is 53.1 Å². The maximum Gasteiger partial charge on any atom is 0.264 e. The van der Waals surface area contributed by atoms with Crippen molar-refractivity contribution in [3.8, 4) is 11.5 Å². The molecule has 7 heteroatoms. The third kappa shape index (κ3) is 3.50. The van der Waals surface area contributed by atoms with Gasteiger partial charge >= 0.3 is 0 Å². The molecule has 0 aliphatic carbocycles. The molecule has 6 nitrogen and oxygen atoms in total. The predicted octanol–water partition coefficient (Wildman–Crippen LogP) is 2.94. The van der Waals surface area contributed by atoms with Crippen LogP contribution >= 0.6 is 11.6 Å². The lowest BCUT2D eigenvalue weighted by atomic mass is 9.90. The molecule has 0 saturated heterocycles. The van der Waals surface area contributed by atoms with Crippen LogP contribution in [0.1, 0.15) is 18.9 Å². The fraction of sp³-hybridized carbons (Fsp3) is 0.300. The van der Waals surface area contributed by atoms with Crippen LogP contribution in [0.2, 0.25) is 5.02 Å². The average molecular weight is 390 g/mol. The number of benzene rings is 2. The van der Waals surface area contributed by atoms with Gasteiger partial charge < -0.3 is 19.5 Å². The van der Waals surface area contributed by atoms with Crippen molar-refractivity contribution < 1.29 is 24.2 Å². The second-order valence-electron chi connectivity index (χ2n) is 6.33. The number of ether oxygens (including phenoxy) is 2. The van der Waals surface area contributed by atoms with Crippen molar-refractivity contribution in [1.82, 2.24) is 0 Å². The number of anilines is 1. The molecule has 1 atom stereocenters. The Balaban J connectivity index is 1.84. The van der Waals surface area contributed by atoms with E-state index in [1.54, 1.807) is 37.4 Å². The van der Waals surface area contributed by atoms with E-state index in [9.17, 15) is 14.7 Å². The number of fused-ring (bicyclic) bond motifs is 1. The topological polar surface area (TPSA) is 76.1 Å². The molecule has 1 amide bonds. The summed E-state index contributed by atoms with van der Waals surface area (Å²) < 4.78 is 11.0. The Bertz CT molecular complexity index is 884. The normalized spacial score (nSPS) is 18.4. The summed E-state index contributed by atoms with van der Waals surface area (Å²) in [6.45, 7) is 1.66. The van der Waals surface area contributed by atoms with E-state index in [0.29, 0.717) is 27.8 Å². The number of Topliss-reactive ketones (excluding diaryl/α,β-unsaturated/α-hetero) is 1. The number of ketones is 1. The number of rotatable bonds is 7. The summed E-state index contributed by atoms with van der Waals surface area (Å²) in [7, 11) is 1.55. The first kappa shape index (κ1) is 19.2. The summed E-state index contributed by atoms with van der Waals surface area (Å²) in [5.74, 6) is 0.259. The van der Waals surface area contributed by atoms with E-state index in [-0.39, 0.29) is 25.4 Å². The molecule has 1 N–H and O–H groups in total. The van der Waals surface area contributed by atoms with Crippen molar-refractivity contribution >= 4 is 29.0 Å². The SMILES string of the molecule is COc1ccccc1OCCN1C(=O)C(O)(CC(C)=O)c2cccc(Cl)c21. The minimum atomic E-state index is -1.91. The third-order valence-corrected chi connectivity index (χ3v) is 4.75. The van der Waals surface area contributed by atoms with Crippen molar-refractivity contribution in [2.75, 3.05) is 25.2 Å². The van der Waals surface area contributed by atoms with E-state index >= 15 is 0 Å². The Morgan fingerprint density at radius 1 is 1.19 bits per heavy atom. The number of methoxy groups -OCH3 is 1. The molecular weight excluding hydrogens is 370 g/mol. The minimum absolute atomic E-state index is 0.160. The number of carbonyl (C=O) groups is 2. The molecule has 2 aromatic carbocycles. The van der Waals surface area contributed by atoms with Crippen LogP contribution in [0.25, 0.3) is 0 Å². The number of halogens is 1. The maximum absolute atomic E-state index is 12.9. The Kier molecular flexibility index (Phi) is 5.39. The molecule has 1 unspecified atom stereocenters. The summed E-state index contributed by atoms with van der Waals surface area (Å²) in [4.78, 5) is 25.9. The van der Waals surface area contributed by atoms with Gasteiger partial charge in [0, 0.05) is 12.0 Å². The molecule has 0 radical (unpaired) electrons. The van der Waals surface area contributed by atoms with Gasteiger partial charge in [-0.25, -0.2) is 0 Å². The van der Waals surface area contributed by atoms with Crippen molar-refractivity contribution in [3.63, 3.8) is 0 Å². The first-order valence-corrected chi connectivity index (χ1v) is 8.85. The van der Waals surface area contributed by atoms with Crippen LogP contribution in [-0.4, -0.2) is 37.1 Å². The second kappa shape index (κ2) is 7.58. The quantitative estimate of drug-likeness (QED) is 0.787. The summed E-state index contributed by atoms with van der Waals surface area (Å²) in [6, 6.07) is 12.1. The van der Waals surface area contributed by atoms with Crippen LogP contribution in [0.4, 0.5) is 5.69 Å². The monoisotopic (exact) mass is 389 g/mol. The molecule has 0 bridgehead atoms. The highest BCUT2D eigenvalue weighted by molar-refractivity contribution is 6.35. The number of aliphatic hydroxyl groups is 1. The molecule has 0 saturated carbocycles. The van der Waals surface area contributed by atoms with Gasteiger partial charge in [0.15, 0.2) is 17.1 Å². The van der Waals surface area contributed by atoms with Crippen LogP contribution in [0.5, 0.6) is 11.5 Å². The number of hydrogen-bond donors (Lipinski definition) is 1. The summed E-state index contributed by atoms with van der Waals surface area (Å²) >= 11 is 6.29. The van der Waals surface area contributed by atoms with Gasteiger partial charge in [0.2, 0.25) is 0 Å². The highest BCUT2D eigenvalue weighted by Crippen LogP contribution is 2.46. The molecule has 3 rings (SSSR count). The maximum atomic E-state index is 12.9. The zero-order valence-electron chi connectivity index (χ0n) is 15.1. The van der Waals surface area contributed by atoms with Gasteiger partial charge in [-0.1, -0.05) is 35.9 Å². The Morgan fingerprint density at radius 3 is 2.56 bits per heavy atom. The van der Waals surface area contributed by atoms with E-state index < -0.39 is 11.5 Å². The van der Waals surface area contributed by atoms with Gasteiger partial charge in [0.05, 0.1) is 24.4 Å².